The van der Waals surface area contributed by atoms with E-state index in [2.05, 4.69) is 5.10 Å². The first-order valence-corrected chi connectivity index (χ1v) is 15.1. The van der Waals surface area contributed by atoms with E-state index in [0.717, 1.165) is 48.5 Å². The van der Waals surface area contributed by atoms with E-state index in [0.29, 0.717) is 5.57 Å². The minimum Gasteiger partial charge on any atom is -0.481 e. The number of alkyl halides is 3. The molecule has 2 aromatic rings. The van der Waals surface area contributed by atoms with Crippen LogP contribution in [0.2, 0.25) is 10.0 Å². The number of carbonyl (C=O) groups is 3. The number of nitrogens with zero attached hydrogens (tertiary/aromatic N) is 2. The van der Waals surface area contributed by atoms with Crippen LogP contribution >= 0.6 is 23.2 Å². The zero-order valence-electron chi connectivity index (χ0n) is 23.7. The summed E-state index contributed by atoms with van der Waals surface area (Å²) in [5, 5.41) is 14.0. The highest BCUT2D eigenvalue weighted by molar-refractivity contribution is 6.40. The molecule has 11 heteroatoms. The highest BCUT2D eigenvalue weighted by atomic mass is 35.5. The van der Waals surface area contributed by atoms with Crippen molar-refractivity contribution in [3.63, 3.8) is 0 Å². The van der Waals surface area contributed by atoms with E-state index >= 15 is 0 Å². The number of rotatable bonds is 9. The van der Waals surface area contributed by atoms with Gasteiger partial charge in [0, 0.05) is 12.8 Å². The number of hydrogen-bond donors (Lipinski definition) is 1. The highest BCUT2D eigenvalue weighted by Gasteiger charge is 2.44. The van der Waals surface area contributed by atoms with Gasteiger partial charge in [0.15, 0.2) is 17.3 Å². The maximum Gasteiger partial charge on any atom is 0.433 e. The predicted molar refractivity (Wildman–Crippen MR) is 154 cm³/mol. The summed E-state index contributed by atoms with van der Waals surface area (Å²) in [6, 6.07) is 2.62. The van der Waals surface area contributed by atoms with Crippen LogP contribution in [0, 0.1) is 18.3 Å². The quantitative estimate of drug-likeness (QED) is 0.221. The second-order valence-corrected chi connectivity index (χ2v) is 12.7. The van der Waals surface area contributed by atoms with E-state index in [4.69, 9.17) is 23.2 Å². The third-order valence-corrected chi connectivity index (χ3v) is 9.39. The molecule has 6 nitrogen and oxygen atoms in total. The molecule has 1 aromatic heterocycles. The Bertz CT molecular complexity index is 1360. The molecule has 2 fully saturated rings. The van der Waals surface area contributed by atoms with Crippen LogP contribution < -0.4 is 0 Å². The number of aryl methyl sites for hydroxylation is 1. The third-order valence-electron chi connectivity index (χ3n) is 8.79. The first-order chi connectivity index (χ1) is 19.7. The monoisotopic (exact) mass is 626 g/mol. The van der Waals surface area contributed by atoms with Crippen molar-refractivity contribution in [2.45, 2.75) is 96.7 Å². The molecular weight excluding hydrogens is 592 g/mol. The lowest BCUT2D eigenvalue weighted by Crippen LogP contribution is -2.34. The van der Waals surface area contributed by atoms with Gasteiger partial charge in [0.25, 0.3) is 0 Å². The molecule has 2 aliphatic carbocycles. The first-order valence-electron chi connectivity index (χ1n) is 14.3. The van der Waals surface area contributed by atoms with Gasteiger partial charge < -0.3 is 5.11 Å². The molecule has 0 unspecified atom stereocenters. The number of hydrogen-bond acceptors (Lipinski definition) is 4. The predicted octanol–water partition coefficient (Wildman–Crippen LogP) is 9.08. The maximum absolute atomic E-state index is 14.4. The van der Waals surface area contributed by atoms with E-state index in [-0.39, 0.29) is 65.8 Å². The summed E-state index contributed by atoms with van der Waals surface area (Å²) < 4.78 is 44.0. The Morgan fingerprint density at radius 1 is 1.05 bits per heavy atom. The summed E-state index contributed by atoms with van der Waals surface area (Å²) in [6.45, 7) is 3.40. The highest BCUT2D eigenvalue weighted by Crippen LogP contribution is 2.44. The van der Waals surface area contributed by atoms with E-state index < -0.39 is 40.6 Å². The molecule has 1 N–H and O–H groups in total. The second kappa shape index (κ2) is 12.9. The van der Waals surface area contributed by atoms with Crippen LogP contribution in [0.1, 0.15) is 116 Å². The van der Waals surface area contributed by atoms with Crippen molar-refractivity contribution >= 4 is 40.7 Å². The van der Waals surface area contributed by atoms with Crippen LogP contribution in [0.4, 0.5) is 13.2 Å². The van der Waals surface area contributed by atoms with Crippen molar-refractivity contribution < 1.29 is 32.7 Å². The summed E-state index contributed by atoms with van der Waals surface area (Å²) in [4.78, 5) is 38.2. The van der Waals surface area contributed by atoms with E-state index in [1.54, 1.807) is 32.1 Å². The Kier molecular flexibility index (Phi) is 9.93. The minimum absolute atomic E-state index is 0.0177. The van der Waals surface area contributed by atoms with Crippen LogP contribution in [0.25, 0.3) is 0 Å². The lowest BCUT2D eigenvalue weighted by Gasteiger charge is -2.34. The lowest BCUT2D eigenvalue weighted by atomic mass is 9.74. The van der Waals surface area contributed by atoms with Crippen LogP contribution in [0.15, 0.2) is 30.0 Å². The number of aliphatic carboxylic acids is 1. The van der Waals surface area contributed by atoms with Crippen LogP contribution in [-0.2, 0) is 11.0 Å². The molecule has 0 atom stereocenters. The van der Waals surface area contributed by atoms with Crippen molar-refractivity contribution in [1.29, 1.82) is 0 Å². The van der Waals surface area contributed by atoms with E-state index in [1.165, 1.54) is 0 Å². The smallest absolute Gasteiger partial charge is 0.433 e. The molecule has 0 spiro atoms. The average Bonchev–Trinajstić information content (AvgIpc) is 3.37. The van der Waals surface area contributed by atoms with Gasteiger partial charge in [-0.2, -0.15) is 18.3 Å². The van der Waals surface area contributed by atoms with Crippen molar-refractivity contribution in [2.75, 3.05) is 0 Å². The molecule has 2 saturated carbocycles. The SMILES string of the molecule is Cc1cc(Cl)c(C(=O)C/C=C(/CC(=O)c2cnn([C@H]3CC[C@](C)(C(=O)O)CC3)c2C(F)(F)F)C2CCCCC2)c(Cl)c1. The summed E-state index contributed by atoms with van der Waals surface area (Å²) >= 11 is 12.6. The Morgan fingerprint density at radius 3 is 2.19 bits per heavy atom. The average molecular weight is 628 g/mol. The number of carboxylic acid groups (broad SMARTS) is 1. The van der Waals surface area contributed by atoms with E-state index in [9.17, 15) is 32.7 Å². The molecule has 0 bridgehead atoms. The maximum atomic E-state index is 14.4. The number of aromatic nitrogens is 2. The summed E-state index contributed by atoms with van der Waals surface area (Å²) in [6.07, 6.45) is 2.78. The molecule has 2 aliphatic rings. The van der Waals surface area contributed by atoms with Gasteiger partial charge in [0.1, 0.15) is 0 Å². The zero-order chi connectivity index (χ0) is 30.8. The number of allylic oxidation sites excluding steroid dienone is 2. The second-order valence-electron chi connectivity index (χ2n) is 11.9. The summed E-state index contributed by atoms with van der Waals surface area (Å²) in [7, 11) is 0. The Balaban J connectivity index is 1.60. The van der Waals surface area contributed by atoms with Gasteiger partial charge >= 0.3 is 12.1 Å². The van der Waals surface area contributed by atoms with Crippen LogP contribution in [-0.4, -0.2) is 32.4 Å². The normalized spacial score (nSPS) is 22.3. The van der Waals surface area contributed by atoms with Crippen LogP contribution in [0.3, 0.4) is 0 Å². The Morgan fingerprint density at radius 2 is 1.64 bits per heavy atom. The molecule has 0 radical (unpaired) electrons. The molecule has 0 aliphatic heterocycles. The Labute approximate surface area is 253 Å². The number of Topliss-reactive ketones (excluding diaryl/α,β-unsaturated/α-hetero) is 2. The molecule has 1 aromatic carbocycles. The summed E-state index contributed by atoms with van der Waals surface area (Å²) in [5.74, 6) is -2.03. The molecular formula is C31H35Cl2F3N2O4. The number of halogens is 5. The topological polar surface area (TPSA) is 89.3 Å². The van der Waals surface area contributed by atoms with Gasteiger partial charge in [-0.25, -0.2) is 0 Å². The van der Waals surface area contributed by atoms with Crippen molar-refractivity contribution in [3.8, 4) is 0 Å². The standard InChI is InChI=1S/C31H35Cl2F3N2O4/c1-18-14-23(32)27(24(33)15-18)25(39)9-8-20(19-6-4-3-5-7-19)16-26(40)22-17-37-38(28(22)31(34,35)36)21-10-12-30(2,13-11-21)29(41)42/h8,14-15,17,19,21H,3-7,9-13,16H2,1-2H3,(H,41,42)/b20-8-/t21-,30-. The van der Waals surface area contributed by atoms with Crippen molar-refractivity contribution in [2.24, 2.45) is 11.3 Å². The van der Waals surface area contributed by atoms with Crippen LogP contribution in [0.5, 0.6) is 0 Å². The molecule has 0 amide bonds. The number of carbonyl (C=O) groups excluding carboxylic acids is 2. The third kappa shape index (κ3) is 7.10. The number of ketones is 2. The number of benzene rings is 1. The van der Waals surface area contributed by atoms with Crippen molar-refractivity contribution in [1.82, 2.24) is 9.78 Å². The largest absolute Gasteiger partial charge is 0.481 e. The molecule has 42 heavy (non-hydrogen) atoms. The number of carboxylic acids is 1. The van der Waals surface area contributed by atoms with Gasteiger partial charge in [0.2, 0.25) is 0 Å². The molecule has 1 heterocycles. The Hall–Kier alpha value is -2.65. The molecule has 0 saturated heterocycles. The fraction of sp³-hybridized carbons (Fsp3) is 0.548. The molecule has 4 rings (SSSR count). The van der Waals surface area contributed by atoms with Crippen molar-refractivity contribution in [3.05, 3.63) is 62.4 Å². The fourth-order valence-electron chi connectivity index (χ4n) is 6.25. The van der Waals surface area contributed by atoms with Gasteiger partial charge in [-0.1, -0.05) is 54.1 Å². The van der Waals surface area contributed by atoms with E-state index in [1.807, 2.05) is 0 Å². The minimum atomic E-state index is -4.83. The summed E-state index contributed by atoms with van der Waals surface area (Å²) in [5.41, 5.74) is -0.980. The zero-order valence-corrected chi connectivity index (χ0v) is 25.2. The molecule has 228 valence electrons. The van der Waals surface area contributed by atoms with Gasteiger partial charge in [-0.15, -0.1) is 0 Å². The lowest BCUT2D eigenvalue weighted by molar-refractivity contribution is -0.152. The fourth-order valence-corrected chi connectivity index (χ4v) is 7.06. The van der Waals surface area contributed by atoms with Gasteiger partial charge in [-0.05, 0) is 76.0 Å². The first kappa shape index (κ1) is 32.3. The van der Waals surface area contributed by atoms with Gasteiger partial charge in [-0.3, -0.25) is 19.1 Å². The van der Waals surface area contributed by atoms with Gasteiger partial charge in [0.05, 0.1) is 38.8 Å².